The van der Waals surface area contributed by atoms with Gasteiger partial charge in [0, 0.05) is 18.5 Å². The van der Waals surface area contributed by atoms with Crippen LogP contribution in [0.2, 0.25) is 0 Å². The van der Waals surface area contributed by atoms with Crippen molar-refractivity contribution in [3.63, 3.8) is 0 Å². The third-order valence-corrected chi connectivity index (χ3v) is 4.16. The van der Waals surface area contributed by atoms with Crippen molar-refractivity contribution in [2.75, 3.05) is 5.32 Å². The van der Waals surface area contributed by atoms with Crippen molar-refractivity contribution in [2.24, 2.45) is 5.92 Å². The van der Waals surface area contributed by atoms with Crippen LogP contribution < -0.4 is 10.6 Å². The lowest BCUT2D eigenvalue weighted by atomic mass is 10.0. The molecule has 26 heavy (non-hydrogen) atoms. The molecule has 0 heterocycles. The van der Waals surface area contributed by atoms with E-state index in [1.54, 1.807) is 0 Å². The summed E-state index contributed by atoms with van der Waals surface area (Å²) in [4.78, 5) is 25.0. The zero-order chi connectivity index (χ0) is 18.9. The lowest BCUT2D eigenvalue weighted by molar-refractivity contribution is -0.127. The van der Waals surface area contributed by atoms with E-state index >= 15 is 0 Å². The quantitative estimate of drug-likeness (QED) is 0.755. The van der Waals surface area contributed by atoms with E-state index in [0.29, 0.717) is 12.8 Å². The fourth-order valence-corrected chi connectivity index (χ4v) is 2.74. The summed E-state index contributed by atoms with van der Waals surface area (Å²) in [6.45, 7) is 6.07. The Hall–Kier alpha value is -2.62. The van der Waals surface area contributed by atoms with Crippen LogP contribution >= 0.6 is 0 Å². The van der Waals surface area contributed by atoms with Crippen LogP contribution in [-0.4, -0.2) is 17.9 Å². The van der Waals surface area contributed by atoms with Gasteiger partial charge in [0.25, 0.3) is 0 Å². The second-order valence-electron chi connectivity index (χ2n) is 6.95. The Morgan fingerprint density at radius 3 is 2.15 bits per heavy atom. The van der Waals surface area contributed by atoms with Crippen LogP contribution in [-0.2, 0) is 22.4 Å². The molecule has 0 aliphatic heterocycles. The number of carbonyl (C=O) groups is 2. The van der Waals surface area contributed by atoms with E-state index in [-0.39, 0.29) is 17.7 Å². The number of carbonyl (C=O) groups excluding carboxylic acids is 2. The van der Waals surface area contributed by atoms with Gasteiger partial charge in [-0.1, -0.05) is 63.2 Å². The van der Waals surface area contributed by atoms with E-state index in [2.05, 4.69) is 17.6 Å². The van der Waals surface area contributed by atoms with Crippen LogP contribution in [0.1, 0.15) is 38.3 Å². The highest BCUT2D eigenvalue weighted by atomic mass is 16.2. The zero-order valence-corrected chi connectivity index (χ0v) is 15.8. The minimum Gasteiger partial charge on any atom is -0.344 e. The summed E-state index contributed by atoms with van der Waals surface area (Å²) >= 11 is 0. The first-order chi connectivity index (χ1) is 12.5. The molecule has 2 aromatic rings. The molecule has 0 spiro atoms. The fraction of sp³-hybridized carbons (Fsp3) is 0.364. The molecule has 0 saturated carbocycles. The first-order valence-electron chi connectivity index (χ1n) is 9.21. The molecule has 2 N–H and O–H groups in total. The van der Waals surface area contributed by atoms with Gasteiger partial charge in [-0.25, -0.2) is 0 Å². The van der Waals surface area contributed by atoms with Crippen molar-refractivity contribution >= 4 is 17.5 Å². The molecule has 2 amide bonds. The third kappa shape index (κ3) is 6.36. The molecule has 0 aromatic heterocycles. The van der Waals surface area contributed by atoms with Crippen LogP contribution in [0.15, 0.2) is 54.6 Å². The number of amides is 2. The second-order valence-corrected chi connectivity index (χ2v) is 6.95. The topological polar surface area (TPSA) is 58.2 Å². The normalized spacial score (nSPS) is 11.8. The van der Waals surface area contributed by atoms with Crippen molar-refractivity contribution in [1.29, 1.82) is 0 Å². The molecular formula is C22H28N2O2. The maximum atomic E-state index is 12.8. The van der Waals surface area contributed by atoms with Crippen LogP contribution in [0, 0.1) is 5.92 Å². The molecule has 1 atom stereocenters. The monoisotopic (exact) mass is 352 g/mol. The summed E-state index contributed by atoms with van der Waals surface area (Å²) in [6, 6.07) is 16.9. The minimum atomic E-state index is -0.602. The van der Waals surface area contributed by atoms with Crippen LogP contribution in [0.25, 0.3) is 0 Å². The summed E-state index contributed by atoms with van der Waals surface area (Å²) < 4.78 is 0. The molecule has 0 radical (unpaired) electrons. The standard InChI is InChI=1S/C22H28N2O2/c1-4-17-10-12-19(13-11-17)23-22(26)20(24-21(25)14-16(2)3)15-18-8-6-5-7-9-18/h5-13,16,20H,4,14-15H2,1-3H3,(H,23,26)(H,24,25). The summed E-state index contributed by atoms with van der Waals surface area (Å²) in [7, 11) is 0. The Balaban J connectivity index is 2.09. The highest BCUT2D eigenvalue weighted by Gasteiger charge is 2.21. The number of aryl methyl sites for hydroxylation is 1. The van der Waals surface area contributed by atoms with Crippen LogP contribution in [0.3, 0.4) is 0 Å². The van der Waals surface area contributed by atoms with Crippen molar-refractivity contribution in [1.82, 2.24) is 5.32 Å². The van der Waals surface area contributed by atoms with Gasteiger partial charge in [-0.15, -0.1) is 0 Å². The summed E-state index contributed by atoms with van der Waals surface area (Å²) in [6.07, 6.45) is 1.82. The first kappa shape index (κ1) is 19.7. The van der Waals surface area contributed by atoms with E-state index in [0.717, 1.165) is 17.7 Å². The number of hydrogen-bond donors (Lipinski definition) is 2. The smallest absolute Gasteiger partial charge is 0.247 e. The van der Waals surface area contributed by atoms with Crippen molar-refractivity contribution in [3.05, 3.63) is 65.7 Å². The molecular weight excluding hydrogens is 324 g/mol. The molecule has 4 nitrogen and oxygen atoms in total. The Morgan fingerprint density at radius 1 is 0.923 bits per heavy atom. The van der Waals surface area contributed by atoms with Gasteiger partial charge in [-0.05, 0) is 35.6 Å². The van der Waals surface area contributed by atoms with Gasteiger partial charge in [0.2, 0.25) is 11.8 Å². The molecule has 2 rings (SSSR count). The van der Waals surface area contributed by atoms with Gasteiger partial charge in [0.15, 0.2) is 0 Å². The number of benzene rings is 2. The average Bonchev–Trinajstić information content (AvgIpc) is 2.62. The number of anilines is 1. The van der Waals surface area contributed by atoms with Gasteiger partial charge >= 0.3 is 0 Å². The molecule has 138 valence electrons. The molecule has 4 heteroatoms. The van der Waals surface area contributed by atoms with Gasteiger partial charge in [-0.3, -0.25) is 9.59 Å². The van der Waals surface area contributed by atoms with Crippen LogP contribution in [0.5, 0.6) is 0 Å². The first-order valence-corrected chi connectivity index (χ1v) is 9.21. The Labute approximate surface area is 156 Å². The predicted octanol–water partition coefficient (Wildman–Crippen LogP) is 3.96. The van der Waals surface area contributed by atoms with Crippen molar-refractivity contribution < 1.29 is 9.59 Å². The maximum Gasteiger partial charge on any atom is 0.247 e. The van der Waals surface area contributed by atoms with Gasteiger partial charge in [-0.2, -0.15) is 0 Å². The minimum absolute atomic E-state index is 0.0996. The highest BCUT2D eigenvalue weighted by Crippen LogP contribution is 2.12. The molecule has 2 aromatic carbocycles. The van der Waals surface area contributed by atoms with E-state index in [9.17, 15) is 9.59 Å². The van der Waals surface area contributed by atoms with Crippen molar-refractivity contribution in [2.45, 2.75) is 46.1 Å². The molecule has 1 unspecified atom stereocenters. The van der Waals surface area contributed by atoms with E-state index in [4.69, 9.17) is 0 Å². The third-order valence-electron chi connectivity index (χ3n) is 4.16. The number of rotatable bonds is 8. The van der Waals surface area contributed by atoms with E-state index in [1.807, 2.05) is 68.4 Å². The fourth-order valence-electron chi connectivity index (χ4n) is 2.74. The zero-order valence-electron chi connectivity index (χ0n) is 15.8. The molecule has 0 aliphatic rings. The van der Waals surface area contributed by atoms with Gasteiger partial charge < -0.3 is 10.6 Å². The SMILES string of the molecule is CCc1ccc(NC(=O)C(Cc2ccccc2)NC(=O)CC(C)C)cc1. The summed E-state index contributed by atoms with van der Waals surface area (Å²) in [5.41, 5.74) is 2.97. The van der Waals surface area contributed by atoms with Gasteiger partial charge in [0.05, 0.1) is 0 Å². The molecule has 0 saturated heterocycles. The van der Waals surface area contributed by atoms with Crippen molar-refractivity contribution in [3.8, 4) is 0 Å². The number of hydrogen-bond acceptors (Lipinski definition) is 2. The van der Waals surface area contributed by atoms with E-state index in [1.165, 1.54) is 5.56 Å². The largest absolute Gasteiger partial charge is 0.344 e. The summed E-state index contributed by atoms with van der Waals surface area (Å²) in [5.74, 6) is -0.0513. The van der Waals surface area contributed by atoms with E-state index < -0.39 is 6.04 Å². The maximum absolute atomic E-state index is 12.8. The molecule has 0 bridgehead atoms. The molecule has 0 fully saturated rings. The number of nitrogens with one attached hydrogen (secondary N) is 2. The van der Waals surface area contributed by atoms with Crippen LogP contribution in [0.4, 0.5) is 5.69 Å². The summed E-state index contributed by atoms with van der Waals surface area (Å²) in [5, 5.41) is 5.81. The Bertz CT molecular complexity index is 709. The molecule has 0 aliphatic carbocycles. The predicted molar refractivity (Wildman–Crippen MR) is 106 cm³/mol. The Kier molecular flexibility index (Phi) is 7.39. The lowest BCUT2D eigenvalue weighted by Gasteiger charge is -2.19. The Morgan fingerprint density at radius 2 is 1.58 bits per heavy atom. The van der Waals surface area contributed by atoms with Gasteiger partial charge in [0.1, 0.15) is 6.04 Å². The average molecular weight is 352 g/mol. The lowest BCUT2D eigenvalue weighted by Crippen LogP contribution is -2.45. The second kappa shape index (κ2) is 9.76. The highest BCUT2D eigenvalue weighted by molar-refractivity contribution is 5.97.